The van der Waals surface area contributed by atoms with E-state index in [4.69, 9.17) is 8.83 Å². The Morgan fingerprint density at radius 3 is 1.52 bits per heavy atom. The number of rotatable bonds is 2. The fourth-order valence-corrected chi connectivity index (χ4v) is 2.83. The molecular weight excluding hydrogens is 326 g/mol. The third kappa shape index (κ3) is 2.35. The summed E-state index contributed by atoms with van der Waals surface area (Å²) in [5, 5.41) is 21.5. The zero-order valence-electron chi connectivity index (χ0n) is 12.9. The second kappa shape index (κ2) is 5.52. The van der Waals surface area contributed by atoms with E-state index in [0.717, 1.165) is 0 Å². The molecule has 0 spiro atoms. The fraction of sp³-hybridized carbons (Fsp3) is 0.0526. The van der Waals surface area contributed by atoms with Crippen LogP contribution >= 0.6 is 0 Å². The summed E-state index contributed by atoms with van der Waals surface area (Å²) in [6, 6.07) is 13.0. The Bertz CT molecular complexity index is 1140. The average Bonchev–Trinajstić information content (AvgIpc) is 2.61. The Balaban J connectivity index is 1.95. The summed E-state index contributed by atoms with van der Waals surface area (Å²) in [5.74, 6) is -0.558. The van der Waals surface area contributed by atoms with Gasteiger partial charge in [-0.25, -0.2) is 9.59 Å². The summed E-state index contributed by atoms with van der Waals surface area (Å²) in [6.07, 6.45) is -0.308. The zero-order valence-corrected chi connectivity index (χ0v) is 12.9. The number of benzene rings is 2. The van der Waals surface area contributed by atoms with Crippen LogP contribution in [-0.4, -0.2) is 10.2 Å². The van der Waals surface area contributed by atoms with Gasteiger partial charge < -0.3 is 19.0 Å². The molecule has 2 heterocycles. The van der Waals surface area contributed by atoms with Crippen molar-refractivity contribution in [3.63, 3.8) is 0 Å². The van der Waals surface area contributed by atoms with Gasteiger partial charge in [-0.3, -0.25) is 0 Å². The van der Waals surface area contributed by atoms with Crippen LogP contribution in [0.5, 0.6) is 11.5 Å². The summed E-state index contributed by atoms with van der Waals surface area (Å²) in [6.45, 7) is 0. The first-order valence-corrected chi connectivity index (χ1v) is 7.53. The van der Waals surface area contributed by atoms with Crippen molar-refractivity contribution in [2.24, 2.45) is 0 Å². The standard InChI is InChI=1S/C19H12O6/c20-16-10-5-1-3-7-14(10)24-18(22)12(16)9-13-17(21)11-6-2-4-8-15(11)25-19(13)23/h1-8,20-21H,9H2/i18+1,19+1. The number of hydrogen-bond acceptors (Lipinski definition) is 6. The minimum atomic E-state index is -0.775. The average molecular weight is 338 g/mol. The van der Waals surface area contributed by atoms with E-state index in [0.29, 0.717) is 10.8 Å². The number of fused-ring (bicyclic) bond motifs is 2. The molecule has 2 N–H and O–H groups in total. The molecule has 0 fully saturated rings. The second-order valence-corrected chi connectivity index (χ2v) is 5.60. The van der Waals surface area contributed by atoms with Gasteiger partial charge in [-0.2, -0.15) is 0 Å². The van der Waals surface area contributed by atoms with E-state index in [9.17, 15) is 19.8 Å². The monoisotopic (exact) mass is 338 g/mol. The smallest absolute Gasteiger partial charge is 0.343 e. The van der Waals surface area contributed by atoms with E-state index in [-0.39, 0.29) is 40.2 Å². The first-order chi connectivity index (χ1) is 12.1. The number of para-hydroxylation sites is 2. The topological polar surface area (TPSA) is 101 Å². The Labute approximate surface area is 140 Å². The van der Waals surface area contributed by atoms with Crippen LogP contribution < -0.4 is 11.3 Å². The maximum Gasteiger partial charge on any atom is 0.343 e. The highest BCUT2D eigenvalue weighted by Crippen LogP contribution is 2.31. The first kappa shape index (κ1) is 15.0. The molecule has 0 atom stereocenters. The summed E-state index contributed by atoms with van der Waals surface area (Å²) in [5.41, 5.74) is -1.30. The lowest BCUT2D eigenvalue weighted by molar-refractivity contribution is 0.448. The third-order valence-electron chi connectivity index (χ3n) is 4.11. The minimum Gasteiger partial charge on any atom is -0.507 e. The molecule has 6 heteroatoms. The molecule has 2 aromatic carbocycles. The van der Waals surface area contributed by atoms with E-state index >= 15 is 0 Å². The highest BCUT2D eigenvalue weighted by Gasteiger charge is 2.20. The Morgan fingerprint density at radius 2 is 1.08 bits per heavy atom. The maximum atomic E-state index is 12.2. The van der Waals surface area contributed by atoms with E-state index in [1.54, 1.807) is 48.5 Å². The quantitative estimate of drug-likeness (QED) is 0.545. The highest BCUT2D eigenvalue weighted by atomic mass is 16.5. The highest BCUT2D eigenvalue weighted by molar-refractivity contribution is 5.85. The van der Waals surface area contributed by atoms with E-state index in [1.165, 1.54) is 0 Å². The molecule has 0 bridgehead atoms. The van der Waals surface area contributed by atoms with Gasteiger partial charge in [0.25, 0.3) is 0 Å². The number of hydrogen-bond donors (Lipinski definition) is 2. The lowest BCUT2D eigenvalue weighted by atomic mass is 10.1. The van der Waals surface area contributed by atoms with Crippen molar-refractivity contribution >= 4 is 21.9 Å². The third-order valence-corrected chi connectivity index (χ3v) is 4.11. The predicted octanol–water partition coefficient (Wildman–Crippen LogP) is 2.90. The van der Waals surface area contributed by atoms with Gasteiger partial charge in [0.15, 0.2) is 0 Å². The molecule has 0 aliphatic rings. The van der Waals surface area contributed by atoms with Crippen LogP contribution in [-0.2, 0) is 6.42 Å². The molecule has 0 saturated heterocycles. The van der Waals surface area contributed by atoms with Crippen molar-refractivity contribution in [2.75, 3.05) is 0 Å². The molecule has 124 valence electrons. The van der Waals surface area contributed by atoms with Crippen LogP contribution in [0.25, 0.3) is 21.9 Å². The van der Waals surface area contributed by atoms with Crippen molar-refractivity contribution in [1.29, 1.82) is 0 Å². The van der Waals surface area contributed by atoms with Crippen LogP contribution in [0.2, 0.25) is 0 Å². The minimum absolute atomic E-state index is 0.114. The Hall–Kier alpha value is -3.54. The van der Waals surface area contributed by atoms with E-state index < -0.39 is 11.3 Å². The molecule has 4 aromatic rings. The van der Waals surface area contributed by atoms with Gasteiger partial charge in [-0.15, -0.1) is 0 Å². The van der Waals surface area contributed by atoms with Crippen LogP contribution in [0, 0.1) is 0 Å². The summed E-state index contributed by atoms with van der Waals surface area (Å²) < 4.78 is 10.4. The summed E-state index contributed by atoms with van der Waals surface area (Å²) in [7, 11) is 0. The van der Waals surface area contributed by atoms with E-state index in [1.807, 2.05) is 0 Å². The van der Waals surface area contributed by atoms with Crippen molar-refractivity contribution in [1.82, 2.24) is 0 Å². The van der Waals surface area contributed by atoms with Gasteiger partial charge in [-0.05, 0) is 24.3 Å². The Morgan fingerprint density at radius 1 is 0.680 bits per heavy atom. The first-order valence-electron chi connectivity index (χ1n) is 7.53. The van der Waals surface area contributed by atoms with Crippen molar-refractivity contribution in [2.45, 2.75) is 6.42 Å². The second-order valence-electron chi connectivity index (χ2n) is 5.60. The molecule has 25 heavy (non-hydrogen) atoms. The molecule has 0 aliphatic carbocycles. The summed E-state index contributed by atoms with van der Waals surface area (Å²) >= 11 is 0. The molecule has 4 rings (SSSR count). The Kier molecular flexibility index (Phi) is 3.32. The van der Waals surface area contributed by atoms with Gasteiger partial charge in [0.1, 0.15) is 22.7 Å². The molecule has 0 unspecified atom stereocenters. The molecule has 0 saturated carbocycles. The molecule has 6 nitrogen and oxygen atoms in total. The molecular formula is C19H12O6. The molecule has 0 amide bonds. The van der Waals surface area contributed by atoms with Crippen molar-refractivity contribution in [3.8, 4) is 11.5 Å². The van der Waals surface area contributed by atoms with Gasteiger partial charge in [0.2, 0.25) is 0 Å². The maximum absolute atomic E-state index is 12.2. The van der Waals surface area contributed by atoms with Crippen LogP contribution in [0.3, 0.4) is 0 Å². The number of aromatic hydroxyl groups is 2. The largest absolute Gasteiger partial charge is 0.507 e. The normalized spacial score (nSPS) is 11.2. The lowest BCUT2D eigenvalue weighted by Crippen LogP contribution is -2.14. The fourth-order valence-electron chi connectivity index (χ4n) is 2.83. The molecule has 0 radical (unpaired) electrons. The molecule has 0 aliphatic heterocycles. The SMILES string of the molecule is O=[13c]1oc2ccccc2c(O)c1Cc1c(O)c2ccccc2o[13c]1=O. The van der Waals surface area contributed by atoms with Gasteiger partial charge in [0.05, 0.1) is 21.9 Å². The van der Waals surface area contributed by atoms with Crippen molar-refractivity contribution in [3.05, 3.63) is 80.5 Å². The lowest BCUT2D eigenvalue weighted by Gasteiger charge is -2.08. The summed E-state index contributed by atoms with van der Waals surface area (Å²) in [4.78, 5) is 24.4. The van der Waals surface area contributed by atoms with Crippen molar-refractivity contribution < 1.29 is 19.0 Å². The predicted molar refractivity (Wildman–Crippen MR) is 91.1 cm³/mol. The van der Waals surface area contributed by atoms with Crippen LogP contribution in [0.4, 0.5) is 0 Å². The van der Waals surface area contributed by atoms with Crippen LogP contribution in [0.1, 0.15) is 11.1 Å². The van der Waals surface area contributed by atoms with E-state index in [2.05, 4.69) is 0 Å². The van der Waals surface area contributed by atoms with Gasteiger partial charge in [-0.1, -0.05) is 24.3 Å². The van der Waals surface area contributed by atoms with Crippen LogP contribution in [0.15, 0.2) is 67.0 Å². The van der Waals surface area contributed by atoms with Gasteiger partial charge in [0, 0.05) is 6.42 Å². The zero-order chi connectivity index (χ0) is 17.6. The molecule has 2 aromatic heterocycles. The van der Waals surface area contributed by atoms with Gasteiger partial charge >= 0.3 is 11.3 Å².